The van der Waals surface area contributed by atoms with Crippen molar-refractivity contribution in [2.24, 2.45) is 0 Å². The van der Waals surface area contributed by atoms with Crippen LogP contribution in [0.25, 0.3) is 0 Å². The molecule has 56 valence electrons. The Hall–Kier alpha value is -0.630. The fraction of sp³-hybridized carbons (Fsp3) is 0.625. The minimum absolute atomic E-state index is 0.556. The molecule has 0 amide bonds. The van der Waals surface area contributed by atoms with Crippen molar-refractivity contribution in [3.63, 3.8) is 0 Å². The highest BCUT2D eigenvalue weighted by Crippen LogP contribution is 2.20. The van der Waals surface area contributed by atoms with Gasteiger partial charge in [0.2, 0.25) is 0 Å². The average molecular weight is 140 g/mol. The normalized spacial score (nSPS) is 33.2. The van der Waals surface area contributed by atoms with Crippen molar-refractivity contribution >= 4 is 6.29 Å². The van der Waals surface area contributed by atoms with E-state index in [1.54, 1.807) is 0 Å². The molecule has 1 rings (SSSR count). The fourth-order valence-electron chi connectivity index (χ4n) is 0.856. The Kier molecular flexibility index (Phi) is 1.90. The van der Waals surface area contributed by atoms with E-state index in [4.69, 9.17) is 4.74 Å². The van der Waals surface area contributed by atoms with Crippen molar-refractivity contribution < 1.29 is 9.53 Å². The zero-order valence-corrected chi connectivity index (χ0v) is 6.39. The number of aldehydes is 1. The molecule has 0 aromatic heterocycles. The van der Waals surface area contributed by atoms with E-state index in [2.05, 4.69) is 6.08 Å². The standard InChI is InChI=1S/C8H12O2/c1-7-3-4-8(2,6-9)10-5-7/h3,6H,4-5H2,1-2H3. The van der Waals surface area contributed by atoms with Gasteiger partial charge in [-0.25, -0.2) is 0 Å². The van der Waals surface area contributed by atoms with Crippen LogP contribution in [0.1, 0.15) is 20.3 Å². The van der Waals surface area contributed by atoms with Crippen molar-refractivity contribution in [3.05, 3.63) is 11.6 Å². The molecule has 1 atom stereocenters. The van der Waals surface area contributed by atoms with E-state index < -0.39 is 5.60 Å². The van der Waals surface area contributed by atoms with Crippen LogP contribution >= 0.6 is 0 Å². The third-order valence-corrected chi connectivity index (χ3v) is 1.73. The van der Waals surface area contributed by atoms with E-state index in [1.165, 1.54) is 5.57 Å². The van der Waals surface area contributed by atoms with E-state index >= 15 is 0 Å². The molecule has 0 N–H and O–H groups in total. The fourth-order valence-corrected chi connectivity index (χ4v) is 0.856. The maximum atomic E-state index is 10.4. The van der Waals surface area contributed by atoms with Crippen LogP contribution in [-0.2, 0) is 9.53 Å². The first-order valence-corrected chi connectivity index (χ1v) is 3.42. The van der Waals surface area contributed by atoms with E-state index in [0.717, 1.165) is 6.29 Å². The number of hydrogen-bond donors (Lipinski definition) is 0. The van der Waals surface area contributed by atoms with Gasteiger partial charge in [0.15, 0.2) is 6.29 Å². The van der Waals surface area contributed by atoms with Crippen LogP contribution in [0.4, 0.5) is 0 Å². The van der Waals surface area contributed by atoms with Crippen LogP contribution in [0.15, 0.2) is 11.6 Å². The second-order valence-electron chi connectivity index (χ2n) is 2.97. The van der Waals surface area contributed by atoms with E-state index in [0.29, 0.717) is 13.0 Å². The van der Waals surface area contributed by atoms with Gasteiger partial charge in [0.1, 0.15) is 5.60 Å². The third-order valence-electron chi connectivity index (χ3n) is 1.73. The van der Waals surface area contributed by atoms with Gasteiger partial charge in [-0.2, -0.15) is 0 Å². The highest BCUT2D eigenvalue weighted by atomic mass is 16.5. The minimum Gasteiger partial charge on any atom is -0.363 e. The van der Waals surface area contributed by atoms with Crippen molar-refractivity contribution in [1.29, 1.82) is 0 Å². The highest BCUT2D eigenvalue weighted by molar-refractivity contribution is 5.62. The van der Waals surface area contributed by atoms with Gasteiger partial charge >= 0.3 is 0 Å². The van der Waals surface area contributed by atoms with Gasteiger partial charge in [0.25, 0.3) is 0 Å². The Balaban J connectivity index is 2.64. The van der Waals surface area contributed by atoms with Gasteiger partial charge in [-0.3, -0.25) is 0 Å². The topological polar surface area (TPSA) is 26.3 Å². The van der Waals surface area contributed by atoms with E-state index in [9.17, 15) is 4.79 Å². The van der Waals surface area contributed by atoms with Gasteiger partial charge in [0, 0.05) is 6.42 Å². The average Bonchev–Trinajstić information content (AvgIpc) is 1.96. The Morgan fingerprint density at radius 1 is 1.80 bits per heavy atom. The molecular formula is C8H12O2. The summed E-state index contributed by atoms with van der Waals surface area (Å²) in [6.07, 6.45) is 3.64. The molecule has 1 aliphatic rings. The molecule has 0 bridgehead atoms. The van der Waals surface area contributed by atoms with Gasteiger partial charge < -0.3 is 9.53 Å². The predicted molar refractivity (Wildman–Crippen MR) is 38.8 cm³/mol. The largest absolute Gasteiger partial charge is 0.363 e. The van der Waals surface area contributed by atoms with E-state index in [1.807, 2.05) is 13.8 Å². The molecule has 0 aromatic carbocycles. The van der Waals surface area contributed by atoms with Gasteiger partial charge in [-0.15, -0.1) is 0 Å². The monoisotopic (exact) mass is 140 g/mol. The lowest BCUT2D eigenvalue weighted by Gasteiger charge is -2.26. The van der Waals surface area contributed by atoms with Crippen LogP contribution in [-0.4, -0.2) is 18.5 Å². The lowest BCUT2D eigenvalue weighted by atomic mass is 10.00. The summed E-state index contributed by atoms with van der Waals surface area (Å²) in [6, 6.07) is 0. The zero-order valence-electron chi connectivity index (χ0n) is 6.39. The summed E-state index contributed by atoms with van der Waals surface area (Å²) in [4.78, 5) is 10.4. The number of carbonyl (C=O) groups is 1. The Morgan fingerprint density at radius 3 is 2.90 bits per heavy atom. The van der Waals surface area contributed by atoms with Gasteiger partial charge in [-0.05, 0) is 13.8 Å². The van der Waals surface area contributed by atoms with Crippen LogP contribution < -0.4 is 0 Å². The summed E-state index contributed by atoms with van der Waals surface area (Å²) in [5, 5.41) is 0. The third kappa shape index (κ3) is 1.45. The SMILES string of the molecule is CC1=CCC(C)(C=O)OC1. The quantitative estimate of drug-likeness (QED) is 0.405. The summed E-state index contributed by atoms with van der Waals surface area (Å²) in [5.41, 5.74) is 0.652. The molecule has 1 unspecified atom stereocenters. The zero-order chi connectivity index (χ0) is 7.61. The second kappa shape index (κ2) is 2.54. The maximum Gasteiger partial charge on any atom is 0.151 e. The van der Waals surface area contributed by atoms with Crippen molar-refractivity contribution in [2.45, 2.75) is 25.9 Å². The molecule has 2 nitrogen and oxygen atoms in total. The van der Waals surface area contributed by atoms with Crippen molar-refractivity contribution in [1.82, 2.24) is 0 Å². The van der Waals surface area contributed by atoms with Gasteiger partial charge in [-0.1, -0.05) is 11.6 Å². The maximum absolute atomic E-state index is 10.4. The Bertz CT molecular complexity index is 172. The predicted octanol–water partition coefficient (Wildman–Crippen LogP) is 1.31. The molecule has 0 saturated carbocycles. The minimum atomic E-state index is -0.556. The number of ether oxygens (including phenoxy) is 1. The van der Waals surface area contributed by atoms with Crippen LogP contribution in [0.5, 0.6) is 0 Å². The molecule has 0 fully saturated rings. The molecule has 0 aromatic rings. The Labute approximate surface area is 60.9 Å². The van der Waals surface area contributed by atoms with Crippen LogP contribution in [0.2, 0.25) is 0 Å². The number of rotatable bonds is 1. The summed E-state index contributed by atoms with van der Waals surface area (Å²) < 4.78 is 5.29. The van der Waals surface area contributed by atoms with Gasteiger partial charge in [0.05, 0.1) is 6.61 Å². The lowest BCUT2D eigenvalue weighted by molar-refractivity contribution is -0.128. The molecule has 0 aliphatic carbocycles. The van der Waals surface area contributed by atoms with Crippen LogP contribution in [0.3, 0.4) is 0 Å². The molecule has 0 spiro atoms. The molecular weight excluding hydrogens is 128 g/mol. The summed E-state index contributed by atoms with van der Waals surface area (Å²) >= 11 is 0. The number of carbonyl (C=O) groups excluding carboxylic acids is 1. The molecule has 10 heavy (non-hydrogen) atoms. The molecule has 0 radical (unpaired) electrons. The number of hydrogen-bond acceptors (Lipinski definition) is 2. The smallest absolute Gasteiger partial charge is 0.151 e. The lowest BCUT2D eigenvalue weighted by Crippen LogP contribution is -2.33. The molecule has 1 aliphatic heterocycles. The first-order chi connectivity index (χ1) is 4.66. The van der Waals surface area contributed by atoms with E-state index in [-0.39, 0.29) is 0 Å². The first kappa shape index (κ1) is 7.48. The second-order valence-corrected chi connectivity index (χ2v) is 2.97. The molecule has 0 saturated heterocycles. The first-order valence-electron chi connectivity index (χ1n) is 3.42. The molecule has 2 heteroatoms. The molecule has 1 heterocycles. The summed E-state index contributed by atoms with van der Waals surface area (Å²) in [5.74, 6) is 0. The summed E-state index contributed by atoms with van der Waals surface area (Å²) in [7, 11) is 0. The van der Waals surface area contributed by atoms with Crippen molar-refractivity contribution in [3.8, 4) is 0 Å². The highest BCUT2D eigenvalue weighted by Gasteiger charge is 2.25. The Morgan fingerprint density at radius 2 is 2.50 bits per heavy atom. The summed E-state index contributed by atoms with van der Waals surface area (Å²) in [6.45, 7) is 4.41. The van der Waals surface area contributed by atoms with Crippen LogP contribution in [0, 0.1) is 0 Å². The van der Waals surface area contributed by atoms with Crippen molar-refractivity contribution in [2.75, 3.05) is 6.61 Å².